The van der Waals surface area contributed by atoms with Crippen LogP contribution in [-0.2, 0) is 25.0 Å². The molecule has 2 heterocycles. The summed E-state index contributed by atoms with van der Waals surface area (Å²) < 4.78 is 27.2. The Kier molecular flexibility index (Phi) is 3.92. The van der Waals surface area contributed by atoms with Gasteiger partial charge in [-0.1, -0.05) is 6.42 Å². The van der Waals surface area contributed by atoms with Crippen molar-refractivity contribution in [3.05, 3.63) is 23.8 Å². The molecule has 1 atom stereocenters. The molecule has 1 saturated heterocycles. The van der Waals surface area contributed by atoms with Crippen LogP contribution in [0, 0.1) is 0 Å². The van der Waals surface area contributed by atoms with Gasteiger partial charge in [0.1, 0.15) is 6.04 Å². The molecule has 0 aliphatic carbocycles. The summed E-state index contributed by atoms with van der Waals surface area (Å²) in [5, 5.41) is 2.75. The first-order chi connectivity index (χ1) is 11.2. The maximum absolute atomic E-state index is 13.0. The molecule has 3 N–H and O–H groups in total. The molecule has 2 aliphatic rings. The molecule has 7 nitrogen and oxygen atoms in total. The Morgan fingerprint density at radius 1 is 1.33 bits per heavy atom. The smallest absolute Gasteiger partial charge is 0.243 e. The van der Waals surface area contributed by atoms with Crippen molar-refractivity contribution in [2.45, 2.75) is 49.5 Å². The predicted octanol–water partition coefficient (Wildman–Crippen LogP) is 0.945. The molecule has 24 heavy (non-hydrogen) atoms. The van der Waals surface area contributed by atoms with Crippen LogP contribution in [0.5, 0.6) is 0 Å². The molecule has 8 heteroatoms. The number of nitrogens with zero attached hydrogens (tertiary/aromatic N) is 1. The number of rotatable bonds is 3. The third kappa shape index (κ3) is 2.50. The van der Waals surface area contributed by atoms with E-state index in [1.165, 1.54) is 16.4 Å². The van der Waals surface area contributed by atoms with Crippen LogP contribution in [-0.4, -0.2) is 37.1 Å². The fraction of sp³-hybridized carbons (Fsp3) is 0.500. The Hall–Kier alpha value is -1.93. The van der Waals surface area contributed by atoms with E-state index in [4.69, 9.17) is 5.73 Å². The maximum Gasteiger partial charge on any atom is 0.243 e. The van der Waals surface area contributed by atoms with Crippen molar-refractivity contribution in [2.75, 3.05) is 11.9 Å². The molecule has 0 bridgehead atoms. The van der Waals surface area contributed by atoms with Gasteiger partial charge in [0.25, 0.3) is 0 Å². The number of piperidine rings is 1. The number of hydrogen-bond donors (Lipinski definition) is 2. The topological polar surface area (TPSA) is 110 Å². The molecule has 1 unspecified atom stereocenters. The van der Waals surface area contributed by atoms with E-state index in [2.05, 4.69) is 5.32 Å². The number of hydrogen-bond acceptors (Lipinski definition) is 4. The van der Waals surface area contributed by atoms with Gasteiger partial charge in [0, 0.05) is 12.2 Å². The predicted molar refractivity (Wildman–Crippen MR) is 88.8 cm³/mol. The van der Waals surface area contributed by atoms with Crippen molar-refractivity contribution >= 4 is 27.5 Å². The Balaban J connectivity index is 2.04. The van der Waals surface area contributed by atoms with Crippen LogP contribution in [0.4, 0.5) is 5.69 Å². The van der Waals surface area contributed by atoms with E-state index in [1.807, 2.05) is 0 Å². The Morgan fingerprint density at radius 2 is 2.04 bits per heavy atom. The summed E-state index contributed by atoms with van der Waals surface area (Å²) >= 11 is 0. The second-order valence-electron chi connectivity index (χ2n) is 6.82. The van der Waals surface area contributed by atoms with Crippen LogP contribution in [0.25, 0.3) is 0 Å². The van der Waals surface area contributed by atoms with E-state index in [0.29, 0.717) is 24.1 Å². The van der Waals surface area contributed by atoms with Gasteiger partial charge in [-0.3, -0.25) is 9.59 Å². The molecule has 1 aromatic carbocycles. The van der Waals surface area contributed by atoms with Crippen molar-refractivity contribution in [1.29, 1.82) is 0 Å². The Bertz CT molecular complexity index is 817. The van der Waals surface area contributed by atoms with Crippen LogP contribution < -0.4 is 11.1 Å². The van der Waals surface area contributed by atoms with Gasteiger partial charge in [0.05, 0.1) is 10.3 Å². The number of sulfonamides is 1. The molecule has 1 aromatic rings. The maximum atomic E-state index is 13.0. The summed E-state index contributed by atoms with van der Waals surface area (Å²) in [6, 6.07) is 3.76. The highest BCUT2D eigenvalue weighted by atomic mass is 32.2. The van der Waals surface area contributed by atoms with Gasteiger partial charge in [0.15, 0.2) is 0 Å². The molecule has 130 valence electrons. The van der Waals surface area contributed by atoms with Crippen LogP contribution >= 0.6 is 0 Å². The molecule has 2 aliphatic heterocycles. The van der Waals surface area contributed by atoms with Gasteiger partial charge < -0.3 is 11.1 Å². The van der Waals surface area contributed by atoms with E-state index < -0.39 is 27.4 Å². The zero-order valence-electron chi connectivity index (χ0n) is 13.7. The van der Waals surface area contributed by atoms with E-state index in [-0.39, 0.29) is 17.3 Å². The van der Waals surface area contributed by atoms with Crippen molar-refractivity contribution in [3.8, 4) is 0 Å². The molecule has 0 radical (unpaired) electrons. The number of carbonyl (C=O) groups is 2. The third-order valence-electron chi connectivity index (χ3n) is 4.87. The lowest BCUT2D eigenvalue weighted by Crippen LogP contribution is -2.50. The zero-order valence-corrected chi connectivity index (χ0v) is 14.5. The highest BCUT2D eigenvalue weighted by molar-refractivity contribution is 7.89. The van der Waals surface area contributed by atoms with Crippen LogP contribution in [0.15, 0.2) is 23.1 Å². The molecule has 2 amide bonds. The highest BCUT2D eigenvalue weighted by Gasteiger charge is 2.41. The van der Waals surface area contributed by atoms with Crippen LogP contribution in [0.3, 0.4) is 0 Å². The summed E-state index contributed by atoms with van der Waals surface area (Å²) in [4.78, 5) is 23.7. The Labute approximate surface area is 141 Å². The number of nitrogens with two attached hydrogens (primary N) is 1. The number of fused-ring (bicyclic) bond motifs is 1. The van der Waals surface area contributed by atoms with Crippen LogP contribution in [0.2, 0.25) is 0 Å². The van der Waals surface area contributed by atoms with E-state index in [1.54, 1.807) is 19.9 Å². The zero-order chi connectivity index (χ0) is 17.7. The number of nitrogens with one attached hydrogen (secondary N) is 1. The molecular formula is C16H21N3O4S. The van der Waals surface area contributed by atoms with E-state index in [0.717, 1.165) is 6.42 Å². The first kappa shape index (κ1) is 16.9. The quantitative estimate of drug-likeness (QED) is 0.844. The monoisotopic (exact) mass is 351 g/mol. The lowest BCUT2D eigenvalue weighted by atomic mass is 9.86. The third-order valence-corrected chi connectivity index (χ3v) is 6.77. The van der Waals surface area contributed by atoms with Gasteiger partial charge in [-0.2, -0.15) is 4.31 Å². The fourth-order valence-corrected chi connectivity index (χ4v) is 5.01. The molecule has 3 rings (SSSR count). The summed E-state index contributed by atoms with van der Waals surface area (Å²) in [5.74, 6) is -0.795. The highest BCUT2D eigenvalue weighted by Crippen LogP contribution is 2.39. The first-order valence-electron chi connectivity index (χ1n) is 7.93. The second kappa shape index (κ2) is 5.56. The minimum absolute atomic E-state index is 0.0824. The van der Waals surface area contributed by atoms with Gasteiger partial charge in [-0.15, -0.1) is 0 Å². The van der Waals surface area contributed by atoms with Crippen LogP contribution in [0.1, 0.15) is 38.7 Å². The van der Waals surface area contributed by atoms with Gasteiger partial charge in [0.2, 0.25) is 21.8 Å². The molecule has 0 saturated carbocycles. The normalized spacial score (nSPS) is 23.6. The van der Waals surface area contributed by atoms with E-state index >= 15 is 0 Å². The van der Waals surface area contributed by atoms with Crippen molar-refractivity contribution in [1.82, 2.24) is 4.31 Å². The average Bonchev–Trinajstić information content (AvgIpc) is 2.76. The van der Waals surface area contributed by atoms with Crippen molar-refractivity contribution < 1.29 is 18.0 Å². The number of amides is 2. The lowest BCUT2D eigenvalue weighted by Gasteiger charge is -2.32. The van der Waals surface area contributed by atoms with Crippen molar-refractivity contribution in [3.63, 3.8) is 0 Å². The minimum Gasteiger partial charge on any atom is -0.368 e. The number of benzene rings is 1. The lowest BCUT2D eigenvalue weighted by molar-refractivity contribution is -0.122. The van der Waals surface area contributed by atoms with Gasteiger partial charge >= 0.3 is 0 Å². The SMILES string of the molecule is CC1(C)C(=O)Nc2ccc(S(=O)(=O)N3CCCCC3C(N)=O)cc21. The molecule has 0 spiro atoms. The van der Waals surface area contributed by atoms with E-state index in [9.17, 15) is 18.0 Å². The molecular weight excluding hydrogens is 330 g/mol. The van der Waals surface area contributed by atoms with Gasteiger partial charge in [-0.25, -0.2) is 8.42 Å². The molecule has 1 fully saturated rings. The minimum atomic E-state index is -3.85. The largest absolute Gasteiger partial charge is 0.368 e. The summed E-state index contributed by atoms with van der Waals surface area (Å²) in [5.41, 5.74) is 5.84. The Morgan fingerprint density at radius 3 is 2.71 bits per heavy atom. The van der Waals surface area contributed by atoms with Gasteiger partial charge in [-0.05, 0) is 50.5 Å². The standard InChI is InChI=1S/C16H21N3O4S/c1-16(2)11-9-10(6-7-12(11)18-15(16)21)24(22,23)19-8-4-3-5-13(19)14(17)20/h6-7,9,13H,3-5,8H2,1-2H3,(H2,17,20)(H,18,21). The first-order valence-corrected chi connectivity index (χ1v) is 9.37. The summed E-state index contributed by atoms with van der Waals surface area (Å²) in [7, 11) is -3.85. The number of primary amides is 1. The summed E-state index contributed by atoms with van der Waals surface area (Å²) in [6.07, 6.45) is 1.90. The number of carbonyl (C=O) groups excluding carboxylic acids is 2. The molecule has 0 aromatic heterocycles. The number of anilines is 1. The average molecular weight is 351 g/mol. The fourth-order valence-electron chi connectivity index (χ4n) is 3.32. The summed E-state index contributed by atoms with van der Waals surface area (Å²) in [6.45, 7) is 3.77. The van der Waals surface area contributed by atoms with Crippen molar-refractivity contribution in [2.24, 2.45) is 5.73 Å². The second-order valence-corrected chi connectivity index (χ2v) is 8.71.